The molecule has 0 amide bonds. The van der Waals surface area contributed by atoms with Gasteiger partial charge in [0.05, 0.1) is 0 Å². The second-order valence-corrected chi connectivity index (χ2v) is 5.56. The lowest BCUT2D eigenvalue weighted by molar-refractivity contribution is 0.811. The second kappa shape index (κ2) is 6.11. The number of anilines is 1. The molecule has 90 valence electrons. The van der Waals surface area contributed by atoms with Crippen molar-refractivity contribution < 1.29 is 0 Å². The number of aromatic nitrogens is 1. The predicted molar refractivity (Wildman–Crippen MR) is 72.5 cm³/mol. The van der Waals surface area contributed by atoms with E-state index in [1.807, 2.05) is 24.8 Å². The topological polar surface area (TPSA) is 64.9 Å². The maximum Gasteiger partial charge on any atom is 0.128 e. The van der Waals surface area contributed by atoms with Gasteiger partial charge in [-0.1, -0.05) is 13.8 Å². The van der Waals surface area contributed by atoms with E-state index in [-0.39, 0.29) is 6.04 Å². The molecule has 1 aromatic rings. The molecule has 2 unspecified atom stereocenters. The van der Waals surface area contributed by atoms with Gasteiger partial charge in [-0.2, -0.15) is 11.8 Å². The Hall–Kier alpha value is -0.740. The minimum absolute atomic E-state index is 0.0206. The van der Waals surface area contributed by atoms with E-state index in [0.717, 1.165) is 16.9 Å². The standard InChI is InChI=1S/C12H21N3S/c1-4-9(3)16-7-10(13)11-8(2)5-6-15-12(11)14/h5-6,9-10H,4,7,13H2,1-3H3,(H2,14,15). The highest BCUT2D eigenvalue weighted by atomic mass is 32.2. The van der Waals surface area contributed by atoms with Crippen LogP contribution in [0.15, 0.2) is 12.3 Å². The van der Waals surface area contributed by atoms with E-state index in [4.69, 9.17) is 11.5 Å². The van der Waals surface area contributed by atoms with Gasteiger partial charge >= 0.3 is 0 Å². The zero-order valence-corrected chi connectivity index (χ0v) is 11.1. The first kappa shape index (κ1) is 13.3. The maximum absolute atomic E-state index is 6.16. The van der Waals surface area contributed by atoms with Crippen molar-refractivity contribution in [1.29, 1.82) is 0 Å². The van der Waals surface area contributed by atoms with Gasteiger partial charge in [-0.25, -0.2) is 4.98 Å². The van der Waals surface area contributed by atoms with Crippen LogP contribution in [0.2, 0.25) is 0 Å². The first-order chi connectivity index (χ1) is 7.56. The number of thioether (sulfide) groups is 1. The Bertz CT molecular complexity index is 321. The third kappa shape index (κ3) is 3.39. The lowest BCUT2D eigenvalue weighted by Gasteiger charge is -2.17. The summed E-state index contributed by atoms with van der Waals surface area (Å²) in [6.45, 7) is 6.44. The minimum atomic E-state index is -0.0206. The van der Waals surface area contributed by atoms with Crippen molar-refractivity contribution in [2.45, 2.75) is 38.5 Å². The van der Waals surface area contributed by atoms with E-state index in [9.17, 15) is 0 Å². The summed E-state index contributed by atoms with van der Waals surface area (Å²) >= 11 is 1.89. The van der Waals surface area contributed by atoms with E-state index >= 15 is 0 Å². The summed E-state index contributed by atoms with van der Waals surface area (Å²) in [4.78, 5) is 4.10. The Balaban J connectivity index is 2.69. The number of pyridine rings is 1. The summed E-state index contributed by atoms with van der Waals surface area (Å²) < 4.78 is 0. The molecule has 2 atom stereocenters. The van der Waals surface area contributed by atoms with Crippen LogP contribution in [0.1, 0.15) is 37.4 Å². The molecule has 0 bridgehead atoms. The lowest BCUT2D eigenvalue weighted by atomic mass is 10.1. The maximum atomic E-state index is 6.16. The van der Waals surface area contributed by atoms with Crippen LogP contribution in [0.5, 0.6) is 0 Å². The van der Waals surface area contributed by atoms with Crippen LogP contribution in [-0.2, 0) is 0 Å². The quantitative estimate of drug-likeness (QED) is 0.828. The van der Waals surface area contributed by atoms with Gasteiger partial charge in [-0.15, -0.1) is 0 Å². The molecule has 0 saturated carbocycles. The average molecular weight is 239 g/mol. The summed E-state index contributed by atoms with van der Waals surface area (Å²) in [6.07, 6.45) is 2.89. The van der Waals surface area contributed by atoms with Crippen LogP contribution in [0.25, 0.3) is 0 Å². The number of nitrogens with zero attached hydrogens (tertiary/aromatic N) is 1. The molecule has 0 aliphatic rings. The average Bonchev–Trinajstić information content (AvgIpc) is 2.25. The molecule has 0 aromatic carbocycles. The monoisotopic (exact) mass is 239 g/mol. The lowest BCUT2D eigenvalue weighted by Crippen LogP contribution is -2.18. The van der Waals surface area contributed by atoms with E-state index in [0.29, 0.717) is 11.1 Å². The molecule has 16 heavy (non-hydrogen) atoms. The highest BCUT2D eigenvalue weighted by molar-refractivity contribution is 7.99. The van der Waals surface area contributed by atoms with Crippen LogP contribution < -0.4 is 11.5 Å². The predicted octanol–water partition coefficient (Wildman–Crippen LogP) is 2.50. The number of hydrogen-bond donors (Lipinski definition) is 2. The summed E-state index contributed by atoms with van der Waals surface area (Å²) in [5.41, 5.74) is 14.1. The zero-order chi connectivity index (χ0) is 12.1. The molecule has 1 aromatic heterocycles. The van der Waals surface area contributed by atoms with E-state index in [1.165, 1.54) is 6.42 Å². The van der Waals surface area contributed by atoms with Gasteiger partial charge in [0, 0.05) is 28.8 Å². The number of rotatable bonds is 5. The van der Waals surface area contributed by atoms with Gasteiger partial charge in [-0.05, 0) is 25.0 Å². The smallest absolute Gasteiger partial charge is 0.128 e. The number of nitrogen functional groups attached to an aromatic ring is 1. The molecular weight excluding hydrogens is 218 g/mol. The number of hydrogen-bond acceptors (Lipinski definition) is 4. The minimum Gasteiger partial charge on any atom is -0.383 e. The third-order valence-electron chi connectivity index (χ3n) is 2.74. The molecule has 0 aliphatic heterocycles. The number of nitrogens with two attached hydrogens (primary N) is 2. The van der Waals surface area contributed by atoms with Gasteiger partial charge in [0.2, 0.25) is 0 Å². The van der Waals surface area contributed by atoms with Crippen molar-refractivity contribution in [1.82, 2.24) is 4.98 Å². The van der Waals surface area contributed by atoms with Gasteiger partial charge in [-0.3, -0.25) is 0 Å². The van der Waals surface area contributed by atoms with Crippen LogP contribution in [0.3, 0.4) is 0 Å². The van der Waals surface area contributed by atoms with Gasteiger partial charge < -0.3 is 11.5 Å². The van der Waals surface area contributed by atoms with Crippen LogP contribution >= 0.6 is 11.8 Å². The molecule has 1 heterocycles. The first-order valence-electron chi connectivity index (χ1n) is 5.64. The van der Waals surface area contributed by atoms with Crippen molar-refractivity contribution in [3.63, 3.8) is 0 Å². The highest BCUT2D eigenvalue weighted by Crippen LogP contribution is 2.25. The summed E-state index contributed by atoms with van der Waals surface area (Å²) in [5.74, 6) is 1.46. The van der Waals surface area contributed by atoms with Crippen LogP contribution in [0.4, 0.5) is 5.82 Å². The third-order valence-corrected chi connectivity index (χ3v) is 4.20. The van der Waals surface area contributed by atoms with Crippen molar-refractivity contribution in [3.8, 4) is 0 Å². The normalized spacial score (nSPS) is 14.8. The number of aryl methyl sites for hydroxylation is 1. The van der Waals surface area contributed by atoms with Gasteiger partial charge in [0.25, 0.3) is 0 Å². The van der Waals surface area contributed by atoms with Crippen LogP contribution in [0, 0.1) is 6.92 Å². The Labute approximate surface area is 102 Å². The molecule has 3 nitrogen and oxygen atoms in total. The molecular formula is C12H21N3S. The fourth-order valence-electron chi connectivity index (χ4n) is 1.54. The van der Waals surface area contributed by atoms with Crippen molar-refractivity contribution in [3.05, 3.63) is 23.4 Å². The Kier molecular flexibility index (Phi) is 5.09. The molecule has 1 rings (SSSR count). The largest absolute Gasteiger partial charge is 0.383 e. The SMILES string of the molecule is CCC(C)SCC(N)c1c(C)ccnc1N. The molecule has 0 fully saturated rings. The van der Waals surface area contributed by atoms with Gasteiger partial charge in [0.15, 0.2) is 0 Å². The highest BCUT2D eigenvalue weighted by Gasteiger charge is 2.14. The zero-order valence-electron chi connectivity index (χ0n) is 10.2. The Morgan fingerprint density at radius 3 is 2.75 bits per heavy atom. The summed E-state index contributed by atoms with van der Waals surface area (Å²) in [5, 5.41) is 0.643. The van der Waals surface area contributed by atoms with Crippen molar-refractivity contribution in [2.24, 2.45) is 5.73 Å². The molecule has 4 heteroatoms. The molecule has 0 aliphatic carbocycles. The Morgan fingerprint density at radius 1 is 1.50 bits per heavy atom. The van der Waals surface area contributed by atoms with Gasteiger partial charge in [0.1, 0.15) is 5.82 Å². The van der Waals surface area contributed by atoms with E-state index < -0.39 is 0 Å². The van der Waals surface area contributed by atoms with Crippen molar-refractivity contribution in [2.75, 3.05) is 11.5 Å². The fourth-order valence-corrected chi connectivity index (χ4v) is 2.48. The van der Waals surface area contributed by atoms with Crippen molar-refractivity contribution >= 4 is 17.6 Å². The Morgan fingerprint density at radius 2 is 2.19 bits per heavy atom. The van der Waals surface area contributed by atoms with Crippen LogP contribution in [-0.4, -0.2) is 16.0 Å². The molecule has 0 spiro atoms. The second-order valence-electron chi connectivity index (χ2n) is 4.09. The molecule has 0 radical (unpaired) electrons. The van der Waals surface area contributed by atoms with E-state index in [2.05, 4.69) is 18.8 Å². The first-order valence-corrected chi connectivity index (χ1v) is 6.69. The molecule has 4 N–H and O–H groups in total. The van der Waals surface area contributed by atoms with E-state index in [1.54, 1.807) is 6.20 Å². The summed E-state index contributed by atoms with van der Waals surface area (Å²) in [6, 6.07) is 1.94. The fraction of sp³-hybridized carbons (Fsp3) is 0.583. The summed E-state index contributed by atoms with van der Waals surface area (Å²) in [7, 11) is 0. The molecule has 0 saturated heterocycles.